The molecule has 0 aliphatic carbocycles. The molecule has 0 unspecified atom stereocenters. The zero-order valence-electron chi connectivity index (χ0n) is 13.0. The Morgan fingerprint density at radius 2 is 1.84 bits per heavy atom. The van der Waals surface area contributed by atoms with Gasteiger partial charge in [-0.3, -0.25) is 9.59 Å². The second-order valence-corrected chi connectivity index (χ2v) is 5.60. The van der Waals surface area contributed by atoms with E-state index in [0.717, 1.165) is 24.3 Å². The average molecular weight is 368 g/mol. The van der Waals surface area contributed by atoms with Crippen molar-refractivity contribution in [1.29, 1.82) is 0 Å². The molecule has 2 aromatic carbocycles. The van der Waals surface area contributed by atoms with Crippen molar-refractivity contribution < 1.29 is 22.8 Å². The molecule has 1 N–H and O–H groups in total. The van der Waals surface area contributed by atoms with Crippen molar-refractivity contribution in [2.24, 2.45) is 0 Å². The molecule has 7 heteroatoms. The molecular weight excluding hydrogens is 355 g/mol. The maximum atomic E-state index is 12.7. The highest BCUT2D eigenvalue weighted by Gasteiger charge is 2.30. The fourth-order valence-corrected chi connectivity index (χ4v) is 2.19. The Bertz CT molecular complexity index is 844. The van der Waals surface area contributed by atoms with Crippen molar-refractivity contribution in [2.45, 2.75) is 13.1 Å². The van der Waals surface area contributed by atoms with Crippen molar-refractivity contribution in [2.75, 3.05) is 5.32 Å². The predicted octanol–water partition coefficient (Wildman–Crippen LogP) is 5.21. The summed E-state index contributed by atoms with van der Waals surface area (Å²) in [7, 11) is 0. The number of hydrogen-bond acceptors (Lipinski definition) is 2. The lowest BCUT2D eigenvalue weighted by molar-refractivity contribution is -0.137. The first-order valence-electron chi connectivity index (χ1n) is 7.13. The van der Waals surface area contributed by atoms with E-state index in [0.29, 0.717) is 11.3 Å². The molecule has 0 aliphatic rings. The number of anilines is 1. The van der Waals surface area contributed by atoms with Gasteiger partial charge in [-0.05, 0) is 48.9 Å². The lowest BCUT2D eigenvalue weighted by Crippen LogP contribution is -2.08. The molecule has 2 aromatic rings. The fourth-order valence-electron chi connectivity index (χ4n) is 2.01. The summed E-state index contributed by atoms with van der Waals surface area (Å²) in [6.45, 7) is 1.40. The highest BCUT2D eigenvalue weighted by atomic mass is 35.5. The predicted molar refractivity (Wildman–Crippen MR) is 90.6 cm³/mol. The molecule has 130 valence electrons. The van der Waals surface area contributed by atoms with Crippen LogP contribution in [0.15, 0.2) is 48.5 Å². The fraction of sp³-hybridized carbons (Fsp3) is 0.111. The minimum Gasteiger partial charge on any atom is -0.322 e. The van der Waals surface area contributed by atoms with Crippen LogP contribution in [0.3, 0.4) is 0 Å². The summed E-state index contributed by atoms with van der Waals surface area (Å²) in [6.07, 6.45) is -2.23. The van der Waals surface area contributed by atoms with E-state index >= 15 is 0 Å². The van der Waals surface area contributed by atoms with E-state index in [2.05, 4.69) is 5.32 Å². The number of ketones is 1. The van der Waals surface area contributed by atoms with Crippen molar-refractivity contribution in [3.05, 3.63) is 70.3 Å². The number of benzene rings is 2. The first-order valence-corrected chi connectivity index (χ1v) is 7.51. The van der Waals surface area contributed by atoms with E-state index in [4.69, 9.17) is 11.6 Å². The van der Waals surface area contributed by atoms with Crippen LogP contribution < -0.4 is 5.32 Å². The highest BCUT2D eigenvalue weighted by Crippen LogP contribution is 2.32. The van der Waals surface area contributed by atoms with Crippen LogP contribution in [0.2, 0.25) is 5.02 Å². The van der Waals surface area contributed by atoms with Gasteiger partial charge in [-0.15, -0.1) is 0 Å². The van der Waals surface area contributed by atoms with Gasteiger partial charge in [0.05, 0.1) is 5.56 Å². The molecule has 0 atom stereocenters. The molecule has 25 heavy (non-hydrogen) atoms. The van der Waals surface area contributed by atoms with E-state index in [1.165, 1.54) is 19.1 Å². The standard InChI is InChI=1S/C18H13ClF3NO2/c1-11(24)12-3-2-4-15(10-12)23-17(25)8-5-13-9-14(18(20,21)22)6-7-16(13)19/h2-10H,1H3,(H,23,25)/b8-5+. The first kappa shape index (κ1) is 18.7. The maximum Gasteiger partial charge on any atom is 0.416 e. The molecular formula is C18H13ClF3NO2. The SMILES string of the molecule is CC(=O)c1cccc(NC(=O)/C=C/c2cc(C(F)(F)F)ccc2Cl)c1. The highest BCUT2D eigenvalue weighted by molar-refractivity contribution is 6.32. The third-order valence-electron chi connectivity index (χ3n) is 3.27. The summed E-state index contributed by atoms with van der Waals surface area (Å²) in [5.41, 5.74) is 0.0513. The Hall–Kier alpha value is -2.60. The van der Waals surface area contributed by atoms with Crippen LogP contribution >= 0.6 is 11.6 Å². The van der Waals surface area contributed by atoms with Crippen molar-refractivity contribution in [3.63, 3.8) is 0 Å². The topological polar surface area (TPSA) is 46.2 Å². The Morgan fingerprint density at radius 3 is 2.48 bits per heavy atom. The monoisotopic (exact) mass is 367 g/mol. The molecule has 0 bridgehead atoms. The summed E-state index contributed by atoms with van der Waals surface area (Å²) in [6, 6.07) is 9.17. The second kappa shape index (κ2) is 7.53. The number of rotatable bonds is 4. The van der Waals surface area contributed by atoms with Crippen LogP contribution in [0.25, 0.3) is 6.08 Å². The lowest BCUT2D eigenvalue weighted by Gasteiger charge is -2.08. The number of nitrogens with one attached hydrogen (secondary N) is 1. The molecule has 0 aliphatic heterocycles. The van der Waals surface area contributed by atoms with Gasteiger partial charge < -0.3 is 5.32 Å². The molecule has 0 radical (unpaired) electrons. The summed E-state index contributed by atoms with van der Waals surface area (Å²) in [5.74, 6) is -0.712. The number of hydrogen-bond donors (Lipinski definition) is 1. The summed E-state index contributed by atoms with van der Waals surface area (Å²) in [5, 5.41) is 2.62. The van der Waals surface area contributed by atoms with Crippen molar-refractivity contribution in [1.82, 2.24) is 0 Å². The molecule has 3 nitrogen and oxygen atoms in total. The van der Waals surface area contributed by atoms with Gasteiger partial charge in [0.25, 0.3) is 0 Å². The number of Topliss-reactive ketones (excluding diaryl/α,β-unsaturated/α-hetero) is 1. The zero-order valence-corrected chi connectivity index (χ0v) is 13.8. The molecule has 0 spiro atoms. The maximum absolute atomic E-state index is 12.7. The van der Waals surface area contributed by atoms with Gasteiger partial charge in [0.2, 0.25) is 5.91 Å². The molecule has 1 amide bonds. The van der Waals surface area contributed by atoms with E-state index in [1.807, 2.05) is 0 Å². The molecule has 0 aromatic heterocycles. The van der Waals surface area contributed by atoms with Crippen LogP contribution in [-0.2, 0) is 11.0 Å². The van der Waals surface area contributed by atoms with Gasteiger partial charge in [-0.1, -0.05) is 23.7 Å². The van der Waals surface area contributed by atoms with Crippen LogP contribution in [0.5, 0.6) is 0 Å². The van der Waals surface area contributed by atoms with Gasteiger partial charge in [-0.25, -0.2) is 0 Å². The Morgan fingerprint density at radius 1 is 1.12 bits per heavy atom. The van der Waals surface area contributed by atoms with Gasteiger partial charge in [-0.2, -0.15) is 13.2 Å². The Kier molecular flexibility index (Phi) is 5.64. The number of carbonyl (C=O) groups excluding carboxylic acids is 2. The minimum absolute atomic E-state index is 0.0733. The minimum atomic E-state index is -4.50. The molecule has 0 saturated heterocycles. The van der Waals surface area contributed by atoms with Gasteiger partial charge >= 0.3 is 6.18 Å². The number of carbonyl (C=O) groups is 2. The lowest BCUT2D eigenvalue weighted by atomic mass is 10.1. The van der Waals surface area contributed by atoms with Gasteiger partial charge in [0.1, 0.15) is 0 Å². The summed E-state index contributed by atoms with van der Waals surface area (Å²) in [4.78, 5) is 23.2. The summed E-state index contributed by atoms with van der Waals surface area (Å²) >= 11 is 5.86. The molecule has 0 fully saturated rings. The smallest absolute Gasteiger partial charge is 0.322 e. The molecule has 0 heterocycles. The Balaban J connectivity index is 2.15. The van der Waals surface area contributed by atoms with E-state index in [1.54, 1.807) is 18.2 Å². The number of halogens is 4. The number of amides is 1. The van der Waals surface area contributed by atoms with Crippen molar-refractivity contribution in [3.8, 4) is 0 Å². The quantitative estimate of drug-likeness (QED) is 0.595. The third-order valence-corrected chi connectivity index (χ3v) is 3.62. The van der Waals surface area contributed by atoms with Crippen LogP contribution in [0.1, 0.15) is 28.4 Å². The average Bonchev–Trinajstić information content (AvgIpc) is 2.53. The zero-order chi connectivity index (χ0) is 18.6. The van der Waals surface area contributed by atoms with Gasteiger partial charge in [0, 0.05) is 22.3 Å². The van der Waals surface area contributed by atoms with Gasteiger partial charge in [0.15, 0.2) is 5.78 Å². The van der Waals surface area contributed by atoms with Crippen LogP contribution in [-0.4, -0.2) is 11.7 Å². The third kappa shape index (κ3) is 5.19. The van der Waals surface area contributed by atoms with Crippen LogP contribution in [0.4, 0.5) is 18.9 Å². The second-order valence-electron chi connectivity index (χ2n) is 5.19. The van der Waals surface area contributed by atoms with E-state index in [-0.39, 0.29) is 16.4 Å². The van der Waals surface area contributed by atoms with E-state index < -0.39 is 17.6 Å². The first-order chi connectivity index (χ1) is 11.7. The largest absolute Gasteiger partial charge is 0.416 e. The summed E-state index contributed by atoms with van der Waals surface area (Å²) < 4.78 is 38.1. The normalized spacial score (nSPS) is 11.6. The number of alkyl halides is 3. The van der Waals surface area contributed by atoms with Crippen LogP contribution in [0, 0.1) is 0 Å². The van der Waals surface area contributed by atoms with Crippen molar-refractivity contribution >= 4 is 35.1 Å². The Labute approximate surface area is 147 Å². The van der Waals surface area contributed by atoms with E-state index in [9.17, 15) is 22.8 Å². The molecule has 2 rings (SSSR count). The molecule has 0 saturated carbocycles.